The second-order valence-corrected chi connectivity index (χ2v) is 10.5. The summed E-state index contributed by atoms with van der Waals surface area (Å²) < 4.78 is 0. The van der Waals surface area contributed by atoms with Crippen LogP contribution < -0.4 is 0 Å². The Bertz CT molecular complexity index is 915. The van der Waals surface area contributed by atoms with Crippen molar-refractivity contribution in [2.75, 3.05) is 0 Å². The average Bonchev–Trinajstić information content (AvgIpc) is 3.40. The molecule has 0 aliphatic heterocycles. The lowest BCUT2D eigenvalue weighted by atomic mass is 9.91. The zero-order valence-electron chi connectivity index (χ0n) is 13.9. The molecule has 1 aliphatic carbocycles. The predicted octanol–water partition coefficient (Wildman–Crippen LogP) is 8.00. The van der Waals surface area contributed by atoms with Crippen LogP contribution in [0.2, 0.25) is 0 Å². The summed E-state index contributed by atoms with van der Waals surface area (Å²) in [5.41, 5.74) is 3.35. The Morgan fingerprint density at radius 3 is 1.68 bits per heavy atom. The molecule has 5 rings (SSSR count). The molecule has 0 radical (unpaired) electrons. The Balaban J connectivity index is 1.90. The van der Waals surface area contributed by atoms with Crippen LogP contribution in [0.4, 0.5) is 0 Å². The molecule has 0 saturated heterocycles. The number of hydrogen-bond donors (Lipinski definition) is 0. The van der Waals surface area contributed by atoms with Crippen molar-refractivity contribution in [2.24, 2.45) is 0 Å². The largest absolute Gasteiger partial charge is 0.143 e. The van der Waals surface area contributed by atoms with Crippen molar-refractivity contribution in [3.05, 3.63) is 76.5 Å². The first-order chi connectivity index (χ1) is 12.4. The third kappa shape index (κ3) is 2.64. The van der Waals surface area contributed by atoms with Gasteiger partial charge < -0.3 is 0 Å². The van der Waals surface area contributed by atoms with Crippen molar-refractivity contribution >= 4 is 30.2 Å². The molecule has 0 N–H and O–H groups in total. The van der Waals surface area contributed by atoms with Gasteiger partial charge in [-0.25, -0.2) is 0 Å². The van der Waals surface area contributed by atoms with Gasteiger partial charge in [-0.3, -0.25) is 0 Å². The monoisotopic (exact) mass is 378 g/mol. The van der Waals surface area contributed by atoms with Gasteiger partial charge in [0.25, 0.3) is 0 Å². The van der Waals surface area contributed by atoms with Crippen molar-refractivity contribution in [2.45, 2.75) is 25.7 Å². The van der Waals surface area contributed by atoms with Gasteiger partial charge in [-0.2, -0.15) is 0 Å². The van der Waals surface area contributed by atoms with Gasteiger partial charge in [-0.05, 0) is 65.0 Å². The topological polar surface area (TPSA) is 0 Å². The molecule has 1 aromatic carbocycles. The quantitative estimate of drug-likeness (QED) is 0.339. The molecule has 3 heteroatoms. The first-order valence-corrected chi connectivity index (χ1v) is 11.9. The lowest BCUT2D eigenvalue weighted by molar-refractivity contribution is 0.692. The summed E-state index contributed by atoms with van der Waals surface area (Å²) in [6.07, 6.45) is 5.18. The van der Waals surface area contributed by atoms with Crippen LogP contribution in [-0.4, -0.2) is 0 Å². The van der Waals surface area contributed by atoms with Crippen LogP contribution in [0.15, 0.2) is 65.4 Å². The van der Waals surface area contributed by atoms with Crippen LogP contribution in [-0.2, 0) is 12.8 Å². The number of hydrogen-bond acceptors (Lipinski definition) is 2. The Hall–Kier alpha value is -1.60. The van der Waals surface area contributed by atoms with E-state index in [2.05, 4.69) is 65.4 Å². The second-order valence-electron chi connectivity index (χ2n) is 6.49. The molecular formula is C22H19PS2. The summed E-state index contributed by atoms with van der Waals surface area (Å²) >= 11 is 3.82. The maximum Gasteiger partial charge on any atom is 0.0388 e. The highest BCUT2D eigenvalue weighted by atomic mass is 32.1. The first kappa shape index (κ1) is 15.6. The van der Waals surface area contributed by atoms with Crippen molar-refractivity contribution in [1.82, 2.24) is 0 Å². The van der Waals surface area contributed by atoms with E-state index in [-0.39, 0.29) is 0 Å². The molecule has 0 spiro atoms. The molecule has 0 fully saturated rings. The van der Waals surface area contributed by atoms with Gasteiger partial charge in [0.15, 0.2) is 0 Å². The minimum atomic E-state index is -0.438. The van der Waals surface area contributed by atoms with Crippen molar-refractivity contribution in [1.29, 1.82) is 0 Å². The molecule has 1 aliphatic rings. The summed E-state index contributed by atoms with van der Waals surface area (Å²) in [6, 6.07) is 20.3. The van der Waals surface area contributed by atoms with E-state index in [1.807, 2.05) is 22.7 Å². The van der Waals surface area contributed by atoms with E-state index in [0.29, 0.717) is 0 Å². The summed E-state index contributed by atoms with van der Waals surface area (Å²) in [4.78, 5) is 2.96. The number of rotatable bonds is 3. The summed E-state index contributed by atoms with van der Waals surface area (Å²) in [5.74, 6) is 0. The second kappa shape index (κ2) is 6.61. The van der Waals surface area contributed by atoms with E-state index in [1.165, 1.54) is 40.7 Å². The minimum absolute atomic E-state index is 0.438. The van der Waals surface area contributed by atoms with Crippen LogP contribution in [0.5, 0.6) is 0 Å². The number of fused-ring (bicyclic) bond motifs is 1. The maximum atomic E-state index is 2.34. The van der Waals surface area contributed by atoms with E-state index in [4.69, 9.17) is 0 Å². The van der Waals surface area contributed by atoms with Gasteiger partial charge in [-0.15, -0.1) is 22.7 Å². The molecule has 0 amide bonds. The maximum absolute atomic E-state index is 2.34. The van der Waals surface area contributed by atoms with E-state index in [1.54, 1.807) is 21.7 Å². The minimum Gasteiger partial charge on any atom is -0.143 e. The van der Waals surface area contributed by atoms with Gasteiger partial charge in [0.1, 0.15) is 0 Å². The molecule has 3 aromatic heterocycles. The standard InChI is InChI=1S/C22H19PS2/c1-2-8-16(9-3-1)23-21(19-12-6-14-24-19)17-10-4-5-11-18(17)22(23)20-13-7-15-25-20/h1-3,6-9,12-15H,4-5,10-11H2. The van der Waals surface area contributed by atoms with Crippen LogP contribution >= 0.6 is 30.2 Å². The zero-order valence-corrected chi connectivity index (χ0v) is 16.5. The Labute approximate surface area is 157 Å². The summed E-state index contributed by atoms with van der Waals surface area (Å²) in [7, 11) is -0.438. The van der Waals surface area contributed by atoms with Gasteiger partial charge in [-0.1, -0.05) is 50.0 Å². The van der Waals surface area contributed by atoms with Gasteiger partial charge in [0.05, 0.1) is 0 Å². The van der Waals surface area contributed by atoms with Crippen LogP contribution in [0.25, 0.3) is 25.6 Å². The molecule has 0 nitrogen and oxygen atoms in total. The predicted molar refractivity (Wildman–Crippen MR) is 114 cm³/mol. The fourth-order valence-electron chi connectivity index (χ4n) is 3.99. The third-order valence-electron chi connectivity index (χ3n) is 5.01. The molecule has 25 heavy (non-hydrogen) atoms. The van der Waals surface area contributed by atoms with Crippen molar-refractivity contribution in [3.8, 4) is 25.6 Å². The Morgan fingerprint density at radius 2 is 1.20 bits per heavy atom. The third-order valence-corrected chi connectivity index (χ3v) is 9.82. The van der Waals surface area contributed by atoms with Gasteiger partial charge in [0, 0.05) is 20.3 Å². The molecule has 0 atom stereocenters. The summed E-state index contributed by atoms with van der Waals surface area (Å²) in [6.45, 7) is 0. The number of thiophene rings is 2. The molecule has 0 unspecified atom stereocenters. The fourth-order valence-corrected chi connectivity index (χ4v) is 9.08. The van der Waals surface area contributed by atoms with E-state index in [0.717, 1.165) is 0 Å². The van der Waals surface area contributed by atoms with Crippen molar-refractivity contribution in [3.63, 3.8) is 0 Å². The highest BCUT2D eigenvalue weighted by molar-refractivity contribution is 7.64. The first-order valence-electron chi connectivity index (χ1n) is 8.83. The fraction of sp³-hybridized carbons (Fsp3) is 0.182. The molecule has 0 saturated carbocycles. The molecule has 3 heterocycles. The van der Waals surface area contributed by atoms with Gasteiger partial charge in [0.2, 0.25) is 0 Å². The van der Waals surface area contributed by atoms with Crippen LogP contribution in [0.3, 0.4) is 0 Å². The molecule has 0 bridgehead atoms. The van der Waals surface area contributed by atoms with Gasteiger partial charge >= 0.3 is 0 Å². The SMILES string of the molecule is c1ccc(-p2c(-c3cccs3)c3c(c2-c2cccs2)CCCC3)cc1. The molecule has 4 aromatic rings. The highest BCUT2D eigenvalue weighted by Gasteiger charge is 2.28. The molecule has 124 valence electrons. The van der Waals surface area contributed by atoms with E-state index < -0.39 is 7.53 Å². The molecular weight excluding hydrogens is 359 g/mol. The van der Waals surface area contributed by atoms with Crippen molar-refractivity contribution < 1.29 is 0 Å². The smallest absolute Gasteiger partial charge is 0.0388 e. The van der Waals surface area contributed by atoms with E-state index >= 15 is 0 Å². The lowest BCUT2D eigenvalue weighted by Gasteiger charge is -2.14. The van der Waals surface area contributed by atoms with Crippen LogP contribution in [0.1, 0.15) is 24.0 Å². The van der Waals surface area contributed by atoms with E-state index in [9.17, 15) is 0 Å². The van der Waals surface area contributed by atoms with Crippen LogP contribution in [0, 0.1) is 0 Å². The Morgan fingerprint density at radius 1 is 0.640 bits per heavy atom. The highest BCUT2D eigenvalue weighted by Crippen LogP contribution is 2.63. The average molecular weight is 379 g/mol. The zero-order chi connectivity index (χ0) is 16.6. The number of benzene rings is 1. The lowest BCUT2D eigenvalue weighted by Crippen LogP contribution is -2.00. The normalized spacial score (nSPS) is 13.8. The Kier molecular flexibility index (Phi) is 4.13. The summed E-state index contributed by atoms with van der Waals surface area (Å²) in [5, 5.41) is 9.25.